The van der Waals surface area contributed by atoms with Gasteiger partial charge in [0, 0.05) is 38.6 Å². The molecule has 24 heavy (non-hydrogen) atoms. The van der Waals surface area contributed by atoms with Crippen molar-refractivity contribution in [1.82, 2.24) is 9.80 Å². The molecule has 1 unspecified atom stereocenters. The van der Waals surface area contributed by atoms with Gasteiger partial charge < -0.3 is 19.6 Å². The van der Waals surface area contributed by atoms with E-state index in [9.17, 15) is 19.5 Å². The van der Waals surface area contributed by atoms with Crippen LogP contribution in [0.4, 0.5) is 0 Å². The van der Waals surface area contributed by atoms with Crippen LogP contribution in [0, 0.1) is 11.3 Å². The Hall–Kier alpha value is -1.63. The van der Waals surface area contributed by atoms with Crippen molar-refractivity contribution in [3.63, 3.8) is 0 Å². The van der Waals surface area contributed by atoms with E-state index in [-0.39, 0.29) is 24.3 Å². The van der Waals surface area contributed by atoms with Crippen LogP contribution in [0.1, 0.15) is 39.0 Å². The van der Waals surface area contributed by atoms with Gasteiger partial charge in [-0.2, -0.15) is 0 Å². The summed E-state index contributed by atoms with van der Waals surface area (Å²) in [4.78, 5) is 40.4. The van der Waals surface area contributed by atoms with Crippen molar-refractivity contribution >= 4 is 17.8 Å². The summed E-state index contributed by atoms with van der Waals surface area (Å²) in [7, 11) is 0. The molecule has 0 aromatic carbocycles. The largest absolute Gasteiger partial charge is 0.481 e. The highest BCUT2D eigenvalue weighted by Gasteiger charge is 2.55. The molecular formula is C17H26N2O5. The summed E-state index contributed by atoms with van der Waals surface area (Å²) in [6.07, 6.45) is 3.35. The number of piperidine rings is 1. The number of hydrogen-bond acceptors (Lipinski definition) is 4. The second kappa shape index (κ2) is 6.70. The summed E-state index contributed by atoms with van der Waals surface area (Å²) in [5.74, 6) is -1.09. The molecular weight excluding hydrogens is 312 g/mol. The van der Waals surface area contributed by atoms with Crippen LogP contribution in [0.25, 0.3) is 0 Å². The zero-order chi connectivity index (χ0) is 17.3. The van der Waals surface area contributed by atoms with Crippen LogP contribution in [-0.4, -0.2) is 71.6 Å². The van der Waals surface area contributed by atoms with Crippen molar-refractivity contribution in [3.8, 4) is 0 Å². The third-order valence-electron chi connectivity index (χ3n) is 5.86. The molecule has 3 aliphatic rings. The van der Waals surface area contributed by atoms with Crippen molar-refractivity contribution < 1.29 is 24.2 Å². The number of likely N-dealkylation sites (tertiary alicyclic amines) is 2. The van der Waals surface area contributed by atoms with E-state index in [0.29, 0.717) is 45.6 Å². The van der Waals surface area contributed by atoms with Crippen molar-refractivity contribution in [2.24, 2.45) is 11.3 Å². The van der Waals surface area contributed by atoms with Gasteiger partial charge in [0.15, 0.2) is 0 Å². The number of amides is 2. The van der Waals surface area contributed by atoms with Gasteiger partial charge in [0.2, 0.25) is 11.8 Å². The highest BCUT2D eigenvalue weighted by molar-refractivity contribution is 5.89. The lowest BCUT2D eigenvalue weighted by Gasteiger charge is -2.37. The number of nitrogens with zero attached hydrogens (tertiary/aromatic N) is 2. The normalized spacial score (nSPS) is 33.2. The van der Waals surface area contributed by atoms with Gasteiger partial charge in [-0.15, -0.1) is 0 Å². The molecule has 0 aromatic rings. The first-order valence-corrected chi connectivity index (χ1v) is 8.89. The number of carboxylic acids is 1. The third kappa shape index (κ3) is 2.79. The predicted octanol–water partition coefficient (Wildman–Crippen LogP) is 0.727. The maximum atomic E-state index is 13.0. The minimum Gasteiger partial charge on any atom is -0.481 e. The number of carbonyl (C=O) groups is 3. The average Bonchev–Trinajstić information content (AvgIpc) is 3.01. The minimum absolute atomic E-state index is 0.000875. The molecule has 1 N–H and O–H groups in total. The number of aliphatic carboxylic acids is 1. The van der Waals surface area contributed by atoms with E-state index in [2.05, 4.69) is 0 Å². The summed E-state index contributed by atoms with van der Waals surface area (Å²) in [5, 5.41) is 9.73. The first-order chi connectivity index (χ1) is 11.5. The van der Waals surface area contributed by atoms with Crippen LogP contribution >= 0.6 is 0 Å². The second-order valence-corrected chi connectivity index (χ2v) is 7.15. The molecule has 134 valence electrons. The van der Waals surface area contributed by atoms with E-state index in [1.807, 2.05) is 0 Å². The van der Waals surface area contributed by atoms with Gasteiger partial charge in [-0.05, 0) is 25.7 Å². The van der Waals surface area contributed by atoms with Crippen LogP contribution in [0.2, 0.25) is 0 Å². The maximum absolute atomic E-state index is 13.0. The summed E-state index contributed by atoms with van der Waals surface area (Å²) >= 11 is 0. The summed E-state index contributed by atoms with van der Waals surface area (Å²) in [6, 6.07) is -0.432. The Labute approximate surface area is 141 Å². The van der Waals surface area contributed by atoms with Crippen LogP contribution in [0.15, 0.2) is 0 Å². The molecule has 3 rings (SSSR count). The molecule has 0 bridgehead atoms. The first-order valence-electron chi connectivity index (χ1n) is 8.89. The van der Waals surface area contributed by atoms with E-state index in [1.54, 1.807) is 16.7 Å². The van der Waals surface area contributed by atoms with E-state index >= 15 is 0 Å². The molecule has 3 aliphatic heterocycles. The SMILES string of the molecule is CCC(=O)N1CCCCC1C(=O)N1C[C@H]2COCC[C@@]2(C(=O)O)C1. The van der Waals surface area contributed by atoms with Gasteiger partial charge in [-0.1, -0.05) is 6.92 Å². The van der Waals surface area contributed by atoms with Gasteiger partial charge in [-0.3, -0.25) is 14.4 Å². The average molecular weight is 338 g/mol. The van der Waals surface area contributed by atoms with Gasteiger partial charge >= 0.3 is 5.97 Å². The van der Waals surface area contributed by atoms with E-state index < -0.39 is 17.4 Å². The molecule has 3 saturated heterocycles. The van der Waals surface area contributed by atoms with Crippen molar-refractivity contribution in [1.29, 1.82) is 0 Å². The van der Waals surface area contributed by atoms with Crippen molar-refractivity contribution in [3.05, 3.63) is 0 Å². The highest BCUT2D eigenvalue weighted by atomic mass is 16.5. The van der Waals surface area contributed by atoms with Crippen LogP contribution in [0.3, 0.4) is 0 Å². The monoisotopic (exact) mass is 338 g/mol. The molecule has 2 amide bonds. The summed E-state index contributed by atoms with van der Waals surface area (Å²) < 4.78 is 5.44. The Morgan fingerprint density at radius 3 is 2.75 bits per heavy atom. The first kappa shape index (κ1) is 17.2. The van der Waals surface area contributed by atoms with Gasteiger partial charge in [0.1, 0.15) is 6.04 Å². The van der Waals surface area contributed by atoms with E-state index in [0.717, 1.165) is 12.8 Å². The van der Waals surface area contributed by atoms with E-state index in [1.165, 1.54) is 0 Å². The summed E-state index contributed by atoms with van der Waals surface area (Å²) in [6.45, 7) is 3.88. The highest BCUT2D eigenvalue weighted by Crippen LogP contribution is 2.43. The minimum atomic E-state index is -0.887. The molecule has 7 nitrogen and oxygen atoms in total. The van der Waals surface area contributed by atoms with Crippen LogP contribution in [-0.2, 0) is 19.1 Å². The zero-order valence-corrected chi connectivity index (χ0v) is 14.2. The fourth-order valence-corrected chi connectivity index (χ4v) is 4.37. The zero-order valence-electron chi connectivity index (χ0n) is 14.2. The molecule has 0 aromatic heterocycles. The van der Waals surface area contributed by atoms with Crippen molar-refractivity contribution in [2.75, 3.05) is 32.8 Å². The molecule has 7 heteroatoms. The van der Waals surface area contributed by atoms with Crippen molar-refractivity contribution in [2.45, 2.75) is 45.1 Å². The Morgan fingerprint density at radius 2 is 2.08 bits per heavy atom. The number of rotatable bonds is 3. The number of carboxylic acid groups (broad SMARTS) is 1. The topological polar surface area (TPSA) is 87.2 Å². The smallest absolute Gasteiger partial charge is 0.311 e. The lowest BCUT2D eigenvalue weighted by atomic mass is 9.74. The second-order valence-electron chi connectivity index (χ2n) is 7.15. The Morgan fingerprint density at radius 1 is 1.29 bits per heavy atom. The van der Waals surface area contributed by atoms with Gasteiger partial charge in [0.05, 0.1) is 12.0 Å². The fraction of sp³-hybridized carbons (Fsp3) is 0.824. The lowest BCUT2D eigenvalue weighted by Crippen LogP contribution is -2.53. The van der Waals surface area contributed by atoms with Crippen LogP contribution in [0.5, 0.6) is 0 Å². The van der Waals surface area contributed by atoms with E-state index in [4.69, 9.17) is 4.74 Å². The number of ether oxygens (including phenoxy) is 1. The van der Waals surface area contributed by atoms with Crippen LogP contribution < -0.4 is 0 Å². The fourth-order valence-electron chi connectivity index (χ4n) is 4.37. The Balaban J connectivity index is 1.77. The third-order valence-corrected chi connectivity index (χ3v) is 5.86. The van der Waals surface area contributed by atoms with Gasteiger partial charge in [-0.25, -0.2) is 0 Å². The number of carbonyl (C=O) groups excluding carboxylic acids is 2. The molecule has 3 atom stereocenters. The number of hydrogen-bond donors (Lipinski definition) is 1. The predicted molar refractivity (Wildman–Crippen MR) is 85.2 cm³/mol. The van der Waals surface area contributed by atoms with Gasteiger partial charge in [0.25, 0.3) is 0 Å². The molecule has 0 saturated carbocycles. The summed E-state index contributed by atoms with van der Waals surface area (Å²) in [5.41, 5.74) is -0.887. The molecule has 3 heterocycles. The molecule has 0 radical (unpaired) electrons. The lowest BCUT2D eigenvalue weighted by molar-refractivity contribution is -0.158. The standard InChI is InChI=1S/C17H26N2O5/c1-2-14(20)19-7-4-3-5-13(19)15(21)18-9-12-10-24-8-6-17(12,11-18)16(22)23/h12-13H,2-11H2,1H3,(H,22,23)/t12-,13?,17+/m0/s1. The molecule has 0 spiro atoms. The quantitative estimate of drug-likeness (QED) is 0.820. The Kier molecular flexibility index (Phi) is 4.80. The Bertz CT molecular complexity index is 537. The molecule has 3 fully saturated rings. The maximum Gasteiger partial charge on any atom is 0.311 e. The number of fused-ring (bicyclic) bond motifs is 1. The molecule has 0 aliphatic carbocycles.